The van der Waals surface area contributed by atoms with Crippen LogP contribution >= 0.6 is 0 Å². The van der Waals surface area contributed by atoms with Gasteiger partial charge in [0.25, 0.3) is 0 Å². The van der Waals surface area contributed by atoms with Crippen molar-refractivity contribution in [2.45, 2.75) is 59.0 Å². The second-order valence-electron chi connectivity index (χ2n) is 5.74. The average molecular weight is 255 g/mol. The van der Waals surface area contributed by atoms with Crippen LogP contribution in [0, 0.1) is 0 Å². The molecule has 0 amide bonds. The Bertz CT molecular complexity index is 200. The largest absolute Gasteiger partial charge is 0.315 e. The van der Waals surface area contributed by atoms with Crippen LogP contribution in [-0.2, 0) is 0 Å². The van der Waals surface area contributed by atoms with Crippen molar-refractivity contribution in [3.63, 3.8) is 0 Å². The van der Waals surface area contributed by atoms with Crippen LogP contribution in [0.4, 0.5) is 0 Å². The van der Waals surface area contributed by atoms with Crippen molar-refractivity contribution in [2.75, 3.05) is 39.3 Å². The molecule has 0 radical (unpaired) electrons. The van der Waals surface area contributed by atoms with Gasteiger partial charge in [0.15, 0.2) is 0 Å². The fourth-order valence-corrected chi connectivity index (χ4v) is 2.62. The zero-order valence-corrected chi connectivity index (χ0v) is 12.9. The second-order valence-corrected chi connectivity index (χ2v) is 5.74. The number of nitrogens with zero attached hydrogens (tertiary/aromatic N) is 2. The van der Waals surface area contributed by atoms with Gasteiger partial charge in [-0.3, -0.25) is 9.80 Å². The molecule has 18 heavy (non-hydrogen) atoms. The van der Waals surface area contributed by atoms with E-state index in [0.29, 0.717) is 6.04 Å². The van der Waals surface area contributed by atoms with Crippen LogP contribution < -0.4 is 5.32 Å². The molecule has 1 saturated heterocycles. The van der Waals surface area contributed by atoms with Gasteiger partial charge in [-0.1, -0.05) is 20.3 Å². The van der Waals surface area contributed by atoms with Crippen LogP contribution in [0.3, 0.4) is 0 Å². The van der Waals surface area contributed by atoms with Gasteiger partial charge in [-0.05, 0) is 33.2 Å². The van der Waals surface area contributed by atoms with Crippen LogP contribution in [0.15, 0.2) is 0 Å². The predicted octanol–water partition coefficient (Wildman–Crippen LogP) is 2.18. The first-order chi connectivity index (χ1) is 8.69. The van der Waals surface area contributed by atoms with Crippen LogP contribution in [0.5, 0.6) is 0 Å². The third kappa shape index (κ3) is 5.25. The number of piperazine rings is 1. The summed E-state index contributed by atoms with van der Waals surface area (Å²) in [5.41, 5.74) is 0. The van der Waals surface area contributed by atoms with Crippen molar-refractivity contribution in [3.05, 3.63) is 0 Å². The van der Waals surface area contributed by atoms with Gasteiger partial charge in [0.05, 0.1) is 0 Å². The van der Waals surface area contributed by atoms with Crippen LogP contribution in [0.1, 0.15) is 47.0 Å². The third-order valence-electron chi connectivity index (χ3n) is 4.33. The van der Waals surface area contributed by atoms with Gasteiger partial charge in [0, 0.05) is 44.8 Å². The van der Waals surface area contributed by atoms with Crippen LogP contribution in [-0.4, -0.2) is 61.2 Å². The Morgan fingerprint density at radius 2 is 1.50 bits per heavy atom. The molecule has 3 heteroatoms. The Kier molecular flexibility index (Phi) is 7.87. The summed E-state index contributed by atoms with van der Waals surface area (Å²) in [7, 11) is 0. The summed E-state index contributed by atoms with van der Waals surface area (Å²) in [5, 5.41) is 3.57. The van der Waals surface area contributed by atoms with Crippen molar-refractivity contribution >= 4 is 0 Å². The van der Waals surface area contributed by atoms with Crippen LogP contribution in [0.25, 0.3) is 0 Å². The van der Waals surface area contributed by atoms with Crippen LogP contribution in [0.2, 0.25) is 0 Å². The first-order valence-corrected chi connectivity index (χ1v) is 7.87. The highest BCUT2D eigenvalue weighted by Crippen LogP contribution is 2.10. The summed E-state index contributed by atoms with van der Waals surface area (Å²) in [6, 6.07) is 1.44. The highest BCUT2D eigenvalue weighted by atomic mass is 15.3. The number of hydrogen-bond donors (Lipinski definition) is 1. The van der Waals surface area contributed by atoms with E-state index in [2.05, 4.69) is 42.8 Å². The fourth-order valence-electron chi connectivity index (χ4n) is 2.62. The lowest BCUT2D eigenvalue weighted by Crippen LogP contribution is -2.53. The summed E-state index contributed by atoms with van der Waals surface area (Å²) < 4.78 is 0. The third-order valence-corrected chi connectivity index (χ3v) is 4.33. The molecule has 1 aliphatic heterocycles. The smallest absolute Gasteiger partial charge is 0.0193 e. The van der Waals surface area contributed by atoms with E-state index in [1.807, 2.05) is 0 Å². The number of hydrogen-bond acceptors (Lipinski definition) is 3. The average Bonchev–Trinajstić information content (AvgIpc) is 2.42. The molecule has 2 atom stereocenters. The SMILES string of the molecule is CCCCNCC(C)N1CCN(C(C)CC)CC1. The maximum absolute atomic E-state index is 3.57. The van der Waals surface area contributed by atoms with E-state index in [9.17, 15) is 0 Å². The zero-order valence-electron chi connectivity index (χ0n) is 12.9. The quantitative estimate of drug-likeness (QED) is 0.671. The molecule has 2 unspecified atom stereocenters. The van der Waals surface area contributed by atoms with Gasteiger partial charge < -0.3 is 5.32 Å². The molecule has 1 fully saturated rings. The lowest BCUT2D eigenvalue weighted by atomic mass is 10.1. The molecule has 108 valence electrons. The van der Waals surface area contributed by atoms with Gasteiger partial charge in [0.1, 0.15) is 0 Å². The molecule has 3 nitrogen and oxygen atoms in total. The summed E-state index contributed by atoms with van der Waals surface area (Å²) >= 11 is 0. The molecule has 0 bridgehead atoms. The van der Waals surface area contributed by atoms with E-state index in [1.54, 1.807) is 0 Å². The number of unbranched alkanes of at least 4 members (excludes halogenated alkanes) is 1. The Morgan fingerprint density at radius 3 is 2.00 bits per heavy atom. The molecule has 0 saturated carbocycles. The molecule has 1 heterocycles. The Morgan fingerprint density at radius 1 is 0.944 bits per heavy atom. The normalized spacial score (nSPS) is 22.0. The molecule has 1 aliphatic rings. The van der Waals surface area contributed by atoms with Crippen molar-refractivity contribution in [1.82, 2.24) is 15.1 Å². The molecule has 1 rings (SSSR count). The molecular weight excluding hydrogens is 222 g/mol. The van der Waals surface area contributed by atoms with Gasteiger partial charge in [0.2, 0.25) is 0 Å². The maximum Gasteiger partial charge on any atom is 0.0193 e. The molecule has 1 N–H and O–H groups in total. The second kappa shape index (κ2) is 8.89. The van der Waals surface area contributed by atoms with E-state index in [-0.39, 0.29) is 0 Å². The van der Waals surface area contributed by atoms with Crippen molar-refractivity contribution in [2.24, 2.45) is 0 Å². The van der Waals surface area contributed by atoms with Gasteiger partial charge in [-0.15, -0.1) is 0 Å². The van der Waals surface area contributed by atoms with Gasteiger partial charge in [-0.25, -0.2) is 0 Å². The van der Waals surface area contributed by atoms with E-state index in [1.165, 1.54) is 52.0 Å². The summed E-state index contributed by atoms with van der Waals surface area (Å²) in [6.45, 7) is 16.5. The molecule has 0 aliphatic carbocycles. The first-order valence-electron chi connectivity index (χ1n) is 7.87. The van der Waals surface area contributed by atoms with Crippen molar-refractivity contribution < 1.29 is 0 Å². The Labute approximate surface area is 114 Å². The highest BCUT2D eigenvalue weighted by Gasteiger charge is 2.22. The first kappa shape index (κ1) is 15.9. The summed E-state index contributed by atoms with van der Waals surface area (Å²) in [6.07, 6.45) is 3.86. The standard InChI is InChI=1S/C15H33N3/c1-5-7-8-16-13-15(4)18-11-9-17(10-12-18)14(3)6-2/h14-16H,5-13H2,1-4H3. The van der Waals surface area contributed by atoms with Gasteiger partial charge in [-0.2, -0.15) is 0 Å². The number of rotatable bonds is 8. The number of nitrogens with one attached hydrogen (secondary N) is 1. The van der Waals surface area contributed by atoms with E-state index < -0.39 is 0 Å². The van der Waals surface area contributed by atoms with E-state index >= 15 is 0 Å². The topological polar surface area (TPSA) is 18.5 Å². The van der Waals surface area contributed by atoms with Crippen molar-refractivity contribution in [3.8, 4) is 0 Å². The fraction of sp³-hybridized carbons (Fsp3) is 1.00. The monoisotopic (exact) mass is 255 g/mol. The minimum Gasteiger partial charge on any atom is -0.315 e. The Balaban J connectivity index is 2.17. The zero-order chi connectivity index (χ0) is 13.4. The highest BCUT2D eigenvalue weighted by molar-refractivity contribution is 4.79. The molecule has 0 spiro atoms. The van der Waals surface area contributed by atoms with Crippen molar-refractivity contribution in [1.29, 1.82) is 0 Å². The maximum atomic E-state index is 3.57. The lowest BCUT2D eigenvalue weighted by Gasteiger charge is -2.40. The molecule has 0 aromatic rings. The lowest BCUT2D eigenvalue weighted by molar-refractivity contribution is 0.0772. The van der Waals surface area contributed by atoms with Gasteiger partial charge >= 0.3 is 0 Å². The predicted molar refractivity (Wildman–Crippen MR) is 80.1 cm³/mol. The minimum atomic E-state index is 0.681. The molecular formula is C15H33N3. The summed E-state index contributed by atoms with van der Waals surface area (Å²) in [4.78, 5) is 5.27. The van der Waals surface area contributed by atoms with E-state index in [0.717, 1.165) is 12.6 Å². The Hall–Kier alpha value is -0.120. The molecule has 0 aromatic heterocycles. The van der Waals surface area contributed by atoms with E-state index in [4.69, 9.17) is 0 Å². The molecule has 0 aromatic carbocycles. The minimum absolute atomic E-state index is 0.681. The summed E-state index contributed by atoms with van der Waals surface area (Å²) in [5.74, 6) is 0.